The number of para-hydroxylation sites is 1. The summed E-state index contributed by atoms with van der Waals surface area (Å²) in [6.07, 6.45) is 5.89. The lowest BCUT2D eigenvalue weighted by Gasteiger charge is -2.04. The largest absolute Gasteiger partial charge is 0.286 e. The number of benzene rings is 1. The standard InChI is InChI=1S/C18H16N3/c1-13-6-5-7-14-15-12-19-10-9-16(15)21(18(13)14)17-8-3-4-11-20(17)2/h3-12H,1-2H3/q+1. The molecule has 0 N–H and O–H groups in total. The first-order valence-corrected chi connectivity index (χ1v) is 7.06. The van der Waals surface area contributed by atoms with Gasteiger partial charge in [0.2, 0.25) is 0 Å². The van der Waals surface area contributed by atoms with E-state index < -0.39 is 0 Å². The molecule has 102 valence electrons. The molecule has 0 atom stereocenters. The molecule has 4 aromatic rings. The molecule has 4 rings (SSSR count). The van der Waals surface area contributed by atoms with Crippen LogP contribution in [0.4, 0.5) is 0 Å². The summed E-state index contributed by atoms with van der Waals surface area (Å²) < 4.78 is 4.47. The summed E-state index contributed by atoms with van der Waals surface area (Å²) in [6, 6.07) is 14.8. The van der Waals surface area contributed by atoms with E-state index in [2.05, 4.69) is 70.7 Å². The van der Waals surface area contributed by atoms with Crippen LogP contribution in [0.1, 0.15) is 5.56 Å². The van der Waals surface area contributed by atoms with Gasteiger partial charge in [-0.1, -0.05) is 18.2 Å². The van der Waals surface area contributed by atoms with Crippen LogP contribution < -0.4 is 4.57 Å². The molecule has 0 aliphatic heterocycles. The molecule has 0 bridgehead atoms. The summed E-state index contributed by atoms with van der Waals surface area (Å²) in [7, 11) is 2.08. The lowest BCUT2D eigenvalue weighted by atomic mass is 10.1. The van der Waals surface area contributed by atoms with Crippen molar-refractivity contribution < 1.29 is 4.57 Å². The van der Waals surface area contributed by atoms with Crippen LogP contribution in [-0.2, 0) is 7.05 Å². The molecule has 3 heterocycles. The van der Waals surface area contributed by atoms with Crippen LogP contribution >= 0.6 is 0 Å². The topological polar surface area (TPSA) is 21.7 Å². The predicted molar refractivity (Wildman–Crippen MR) is 84.5 cm³/mol. The summed E-state index contributed by atoms with van der Waals surface area (Å²) in [5.41, 5.74) is 3.71. The van der Waals surface area contributed by atoms with Crippen LogP contribution in [0.2, 0.25) is 0 Å². The molecule has 0 aliphatic carbocycles. The van der Waals surface area contributed by atoms with Crippen LogP contribution in [0.5, 0.6) is 0 Å². The first-order valence-electron chi connectivity index (χ1n) is 7.06. The molecular weight excluding hydrogens is 258 g/mol. The first kappa shape index (κ1) is 12.1. The Balaban J connectivity index is 2.28. The second kappa shape index (κ2) is 4.42. The predicted octanol–water partition coefficient (Wildman–Crippen LogP) is 3.31. The molecule has 0 saturated heterocycles. The van der Waals surface area contributed by atoms with Gasteiger partial charge in [-0.25, -0.2) is 4.57 Å². The molecule has 1 aromatic carbocycles. The van der Waals surface area contributed by atoms with E-state index in [0.29, 0.717) is 0 Å². The van der Waals surface area contributed by atoms with Crippen molar-refractivity contribution in [1.29, 1.82) is 0 Å². The first-order chi connectivity index (χ1) is 10.3. The van der Waals surface area contributed by atoms with Crippen molar-refractivity contribution in [3.63, 3.8) is 0 Å². The average Bonchev–Trinajstić information content (AvgIpc) is 2.84. The second-order valence-electron chi connectivity index (χ2n) is 5.37. The normalized spacial score (nSPS) is 11.3. The van der Waals surface area contributed by atoms with Gasteiger partial charge < -0.3 is 0 Å². The Morgan fingerprint density at radius 3 is 2.76 bits per heavy atom. The van der Waals surface area contributed by atoms with Crippen LogP contribution in [0.3, 0.4) is 0 Å². The van der Waals surface area contributed by atoms with Gasteiger partial charge in [-0.2, -0.15) is 4.57 Å². The van der Waals surface area contributed by atoms with Gasteiger partial charge in [0.05, 0.1) is 18.6 Å². The average molecular weight is 274 g/mol. The highest BCUT2D eigenvalue weighted by molar-refractivity contribution is 6.09. The van der Waals surface area contributed by atoms with Crippen molar-refractivity contribution in [3.8, 4) is 5.82 Å². The number of nitrogens with zero attached hydrogens (tertiary/aromatic N) is 3. The highest BCUT2D eigenvalue weighted by atomic mass is 15.1. The summed E-state index contributed by atoms with van der Waals surface area (Å²) in [5, 5.41) is 2.45. The highest BCUT2D eigenvalue weighted by Gasteiger charge is 2.21. The molecule has 0 unspecified atom stereocenters. The van der Waals surface area contributed by atoms with Crippen molar-refractivity contribution in [2.75, 3.05) is 0 Å². The SMILES string of the molecule is Cc1cccc2c3cnccc3n(-c3cccc[n+]3C)c12. The highest BCUT2D eigenvalue weighted by Crippen LogP contribution is 2.32. The van der Waals surface area contributed by atoms with Crippen LogP contribution in [-0.4, -0.2) is 9.55 Å². The van der Waals surface area contributed by atoms with E-state index in [4.69, 9.17) is 0 Å². The summed E-state index contributed by atoms with van der Waals surface area (Å²) in [6.45, 7) is 2.16. The van der Waals surface area contributed by atoms with Gasteiger partial charge in [0.1, 0.15) is 11.0 Å². The number of aryl methyl sites for hydroxylation is 2. The minimum Gasteiger partial charge on any atom is -0.264 e. The zero-order valence-corrected chi connectivity index (χ0v) is 12.1. The van der Waals surface area contributed by atoms with Crippen molar-refractivity contribution in [1.82, 2.24) is 9.55 Å². The van der Waals surface area contributed by atoms with Crippen molar-refractivity contribution in [3.05, 3.63) is 66.6 Å². The maximum Gasteiger partial charge on any atom is 0.286 e. The van der Waals surface area contributed by atoms with Crippen molar-refractivity contribution in [2.45, 2.75) is 6.92 Å². The fraction of sp³-hybridized carbons (Fsp3) is 0.111. The molecule has 0 spiro atoms. The Morgan fingerprint density at radius 1 is 1.00 bits per heavy atom. The number of aromatic nitrogens is 3. The van der Waals surface area contributed by atoms with E-state index in [9.17, 15) is 0 Å². The summed E-state index contributed by atoms with van der Waals surface area (Å²) in [4.78, 5) is 4.30. The fourth-order valence-corrected chi connectivity index (χ4v) is 3.07. The van der Waals surface area contributed by atoms with Gasteiger partial charge in [-0.3, -0.25) is 4.98 Å². The van der Waals surface area contributed by atoms with Crippen molar-refractivity contribution in [2.24, 2.45) is 7.05 Å². The summed E-state index contributed by atoms with van der Waals surface area (Å²) in [5.74, 6) is 1.15. The third-order valence-corrected chi connectivity index (χ3v) is 4.05. The Kier molecular flexibility index (Phi) is 2.54. The second-order valence-corrected chi connectivity index (χ2v) is 5.37. The fourth-order valence-electron chi connectivity index (χ4n) is 3.07. The molecule has 3 aromatic heterocycles. The molecular formula is C18H16N3+. The number of fused-ring (bicyclic) bond motifs is 3. The maximum atomic E-state index is 4.30. The number of pyridine rings is 2. The molecule has 0 amide bonds. The smallest absolute Gasteiger partial charge is 0.264 e. The van der Waals surface area contributed by atoms with E-state index in [-0.39, 0.29) is 0 Å². The molecule has 3 nitrogen and oxygen atoms in total. The summed E-state index contributed by atoms with van der Waals surface area (Å²) >= 11 is 0. The zero-order chi connectivity index (χ0) is 14.4. The minimum absolute atomic E-state index is 1.15. The van der Waals surface area contributed by atoms with E-state index in [1.165, 1.54) is 27.4 Å². The van der Waals surface area contributed by atoms with E-state index in [1.807, 2.05) is 18.5 Å². The third kappa shape index (κ3) is 1.67. The molecule has 0 fully saturated rings. The lowest BCUT2D eigenvalue weighted by Crippen LogP contribution is -2.33. The third-order valence-electron chi connectivity index (χ3n) is 4.05. The van der Waals surface area contributed by atoms with Gasteiger partial charge in [0.15, 0.2) is 0 Å². The van der Waals surface area contributed by atoms with Gasteiger partial charge >= 0.3 is 0 Å². The van der Waals surface area contributed by atoms with Crippen LogP contribution in [0, 0.1) is 6.92 Å². The lowest BCUT2D eigenvalue weighted by molar-refractivity contribution is -0.665. The van der Waals surface area contributed by atoms with E-state index in [1.54, 1.807) is 0 Å². The number of hydrogen-bond donors (Lipinski definition) is 0. The minimum atomic E-state index is 1.15. The van der Waals surface area contributed by atoms with Gasteiger partial charge in [-0.05, 0) is 24.6 Å². The van der Waals surface area contributed by atoms with Gasteiger partial charge in [0, 0.05) is 29.9 Å². The quantitative estimate of drug-likeness (QED) is 0.488. The monoisotopic (exact) mass is 274 g/mol. The molecule has 3 heteroatoms. The van der Waals surface area contributed by atoms with Crippen molar-refractivity contribution >= 4 is 21.8 Å². The van der Waals surface area contributed by atoms with E-state index in [0.717, 1.165) is 5.82 Å². The Morgan fingerprint density at radius 2 is 1.90 bits per heavy atom. The maximum absolute atomic E-state index is 4.30. The Hall–Kier alpha value is -2.68. The Labute approximate surface area is 123 Å². The van der Waals surface area contributed by atoms with Gasteiger partial charge in [-0.15, -0.1) is 0 Å². The van der Waals surface area contributed by atoms with Crippen LogP contribution in [0.25, 0.3) is 27.6 Å². The number of hydrogen-bond acceptors (Lipinski definition) is 1. The molecule has 0 aliphatic rings. The molecule has 21 heavy (non-hydrogen) atoms. The number of rotatable bonds is 1. The Bertz CT molecular complexity index is 967. The van der Waals surface area contributed by atoms with E-state index >= 15 is 0 Å². The molecule has 0 saturated carbocycles. The van der Waals surface area contributed by atoms with Crippen LogP contribution in [0.15, 0.2) is 61.1 Å². The molecule has 0 radical (unpaired) electrons. The van der Waals surface area contributed by atoms with Gasteiger partial charge in [0.25, 0.3) is 5.82 Å². The zero-order valence-electron chi connectivity index (χ0n) is 12.1.